The lowest BCUT2D eigenvalue weighted by atomic mass is 10.0. The van der Waals surface area contributed by atoms with Crippen molar-refractivity contribution in [3.8, 4) is 0 Å². The van der Waals surface area contributed by atoms with Crippen LogP contribution in [0.1, 0.15) is 26.3 Å². The van der Waals surface area contributed by atoms with Gasteiger partial charge in [-0.15, -0.1) is 0 Å². The average molecular weight is 462 g/mol. The molecule has 2 rings (SSSR count). The minimum Gasteiger partial charge on any atom is -0.480 e. The Kier molecular flexibility index (Phi) is 8.94. The Balaban J connectivity index is 2.03. The number of aromatic nitrogens is 1. The van der Waals surface area contributed by atoms with Gasteiger partial charge in [0.15, 0.2) is 0 Å². The smallest absolute Gasteiger partial charge is 0.326 e. The van der Waals surface area contributed by atoms with Crippen LogP contribution in [0, 0.1) is 5.92 Å². The van der Waals surface area contributed by atoms with Crippen LogP contribution in [0.3, 0.4) is 0 Å². The summed E-state index contributed by atoms with van der Waals surface area (Å²) < 4.78 is 0. The molecule has 0 fully saturated rings. The molecule has 1 aromatic heterocycles. The Labute approximate surface area is 191 Å². The highest BCUT2D eigenvalue weighted by Gasteiger charge is 2.30. The molecule has 0 saturated heterocycles. The Morgan fingerprint density at radius 2 is 1.67 bits per heavy atom. The molecule has 4 unspecified atom stereocenters. The number of nitrogens with one attached hydrogen (secondary N) is 4. The van der Waals surface area contributed by atoms with E-state index in [0.29, 0.717) is 0 Å². The van der Waals surface area contributed by atoms with Crippen molar-refractivity contribution < 1.29 is 29.4 Å². The second-order valence-electron chi connectivity index (χ2n) is 8.21. The van der Waals surface area contributed by atoms with E-state index in [1.165, 1.54) is 6.92 Å². The number of carbonyl (C=O) groups excluding carboxylic acids is 3. The summed E-state index contributed by atoms with van der Waals surface area (Å²) in [5.41, 5.74) is 7.06. The molecule has 0 bridgehead atoms. The SMILES string of the molecule is CC(NC(=O)C(NC(=O)C(N)CO)C(C)C)C(=O)NC(Cc1c[nH]c2ccccc12)C(=O)O. The highest BCUT2D eigenvalue weighted by atomic mass is 16.4. The molecule has 0 radical (unpaired) electrons. The topological polar surface area (TPSA) is 187 Å². The molecule has 1 aromatic carbocycles. The number of amides is 3. The highest BCUT2D eigenvalue weighted by Crippen LogP contribution is 2.19. The second kappa shape index (κ2) is 11.4. The first-order chi connectivity index (χ1) is 15.5. The molecule has 2 aromatic rings. The van der Waals surface area contributed by atoms with Crippen LogP contribution in [0.4, 0.5) is 0 Å². The summed E-state index contributed by atoms with van der Waals surface area (Å²) in [7, 11) is 0. The van der Waals surface area contributed by atoms with E-state index in [0.717, 1.165) is 16.5 Å². The number of aromatic amines is 1. The Morgan fingerprint density at radius 3 is 2.27 bits per heavy atom. The third-order valence-electron chi connectivity index (χ3n) is 5.25. The molecular formula is C22H31N5O6. The quantitative estimate of drug-likeness (QED) is 0.229. The van der Waals surface area contributed by atoms with Crippen LogP contribution in [-0.2, 0) is 25.6 Å². The van der Waals surface area contributed by atoms with Gasteiger partial charge < -0.3 is 36.9 Å². The van der Waals surface area contributed by atoms with E-state index in [-0.39, 0.29) is 12.3 Å². The van der Waals surface area contributed by atoms with Gasteiger partial charge in [-0.1, -0.05) is 32.0 Å². The van der Waals surface area contributed by atoms with E-state index >= 15 is 0 Å². The van der Waals surface area contributed by atoms with Crippen molar-refractivity contribution in [1.29, 1.82) is 0 Å². The number of rotatable bonds is 11. The monoisotopic (exact) mass is 461 g/mol. The number of carboxylic acids is 1. The lowest BCUT2D eigenvalue weighted by Crippen LogP contribution is -2.58. The van der Waals surface area contributed by atoms with E-state index in [1.54, 1.807) is 20.0 Å². The van der Waals surface area contributed by atoms with Crippen molar-refractivity contribution in [2.75, 3.05) is 6.61 Å². The molecule has 1 heterocycles. The maximum absolute atomic E-state index is 12.6. The summed E-state index contributed by atoms with van der Waals surface area (Å²) in [6.07, 6.45) is 1.75. The second-order valence-corrected chi connectivity index (χ2v) is 8.21. The van der Waals surface area contributed by atoms with Gasteiger partial charge in [-0.25, -0.2) is 4.79 Å². The Bertz CT molecular complexity index is 1000. The molecule has 0 spiro atoms. The van der Waals surface area contributed by atoms with Crippen LogP contribution in [0.15, 0.2) is 30.5 Å². The third kappa shape index (κ3) is 6.77. The summed E-state index contributed by atoms with van der Waals surface area (Å²) in [6, 6.07) is 2.96. The minimum absolute atomic E-state index is 0.0511. The van der Waals surface area contributed by atoms with Gasteiger partial charge in [-0.3, -0.25) is 14.4 Å². The van der Waals surface area contributed by atoms with Gasteiger partial charge in [0.2, 0.25) is 17.7 Å². The first-order valence-corrected chi connectivity index (χ1v) is 10.6. The zero-order valence-corrected chi connectivity index (χ0v) is 18.8. The highest BCUT2D eigenvalue weighted by molar-refractivity contribution is 5.94. The van der Waals surface area contributed by atoms with Crippen molar-refractivity contribution >= 4 is 34.6 Å². The van der Waals surface area contributed by atoms with Crippen LogP contribution in [0.2, 0.25) is 0 Å². The number of carboxylic acid groups (broad SMARTS) is 1. The Morgan fingerprint density at radius 1 is 1.00 bits per heavy atom. The molecule has 3 amide bonds. The number of carbonyl (C=O) groups is 4. The fourth-order valence-electron chi connectivity index (χ4n) is 3.26. The van der Waals surface area contributed by atoms with Crippen LogP contribution in [0.25, 0.3) is 10.9 Å². The molecular weight excluding hydrogens is 430 g/mol. The summed E-state index contributed by atoms with van der Waals surface area (Å²) in [6.45, 7) is 4.23. The summed E-state index contributed by atoms with van der Waals surface area (Å²) in [5, 5.41) is 26.9. The molecule has 0 aliphatic heterocycles. The van der Waals surface area contributed by atoms with E-state index in [4.69, 9.17) is 10.8 Å². The number of aliphatic hydroxyl groups is 1. The molecule has 180 valence electrons. The van der Waals surface area contributed by atoms with Crippen molar-refractivity contribution in [3.05, 3.63) is 36.0 Å². The fourth-order valence-corrected chi connectivity index (χ4v) is 3.26. The van der Waals surface area contributed by atoms with Crippen molar-refractivity contribution in [2.24, 2.45) is 11.7 Å². The third-order valence-corrected chi connectivity index (χ3v) is 5.25. The van der Waals surface area contributed by atoms with Gasteiger partial charge in [-0.05, 0) is 24.5 Å². The number of para-hydroxylation sites is 1. The van der Waals surface area contributed by atoms with Crippen LogP contribution in [-0.4, -0.2) is 69.7 Å². The number of aliphatic carboxylic acids is 1. The maximum Gasteiger partial charge on any atom is 0.326 e. The maximum atomic E-state index is 12.6. The number of hydrogen-bond donors (Lipinski definition) is 7. The number of aliphatic hydroxyl groups excluding tert-OH is 1. The summed E-state index contributed by atoms with van der Waals surface area (Å²) in [4.78, 5) is 52.0. The predicted molar refractivity (Wildman–Crippen MR) is 121 cm³/mol. The van der Waals surface area contributed by atoms with Gasteiger partial charge in [0.1, 0.15) is 24.2 Å². The van der Waals surface area contributed by atoms with Crippen LogP contribution >= 0.6 is 0 Å². The molecule has 11 nitrogen and oxygen atoms in total. The van der Waals surface area contributed by atoms with Gasteiger partial charge >= 0.3 is 5.97 Å². The lowest BCUT2D eigenvalue weighted by molar-refractivity contribution is -0.142. The number of H-pyrrole nitrogens is 1. The minimum atomic E-state index is -1.21. The Hall–Kier alpha value is -3.44. The standard InChI is InChI=1S/C22H31N5O6/c1-11(2)18(27-20(30)15(23)10-28)21(31)25-12(3)19(29)26-17(22(32)33)8-13-9-24-16-7-5-4-6-14(13)16/h4-7,9,11-12,15,17-18,24,28H,8,10,23H2,1-3H3,(H,25,31)(H,26,29)(H,27,30)(H,32,33). The van der Waals surface area contributed by atoms with Crippen LogP contribution < -0.4 is 21.7 Å². The summed E-state index contributed by atoms with van der Waals surface area (Å²) >= 11 is 0. The van der Waals surface area contributed by atoms with E-state index in [9.17, 15) is 24.3 Å². The van der Waals surface area contributed by atoms with Crippen LogP contribution in [0.5, 0.6) is 0 Å². The molecule has 4 atom stereocenters. The number of hydrogen-bond acceptors (Lipinski definition) is 6. The van der Waals surface area contributed by atoms with Crippen molar-refractivity contribution in [1.82, 2.24) is 20.9 Å². The molecule has 11 heteroatoms. The molecule has 8 N–H and O–H groups in total. The van der Waals surface area contributed by atoms with E-state index in [1.807, 2.05) is 24.3 Å². The predicted octanol–water partition coefficient (Wildman–Crippen LogP) is -0.755. The molecule has 0 aliphatic carbocycles. The molecule has 0 aliphatic rings. The summed E-state index contributed by atoms with van der Waals surface area (Å²) in [5.74, 6) is -3.56. The first-order valence-electron chi connectivity index (χ1n) is 10.6. The lowest BCUT2D eigenvalue weighted by Gasteiger charge is -2.25. The van der Waals surface area contributed by atoms with Crippen molar-refractivity contribution in [2.45, 2.75) is 51.4 Å². The van der Waals surface area contributed by atoms with Gasteiger partial charge in [0.05, 0.1) is 6.61 Å². The normalized spacial score (nSPS) is 14.8. The number of nitrogens with two attached hydrogens (primary N) is 1. The zero-order chi connectivity index (χ0) is 24.7. The van der Waals surface area contributed by atoms with E-state index in [2.05, 4.69) is 20.9 Å². The van der Waals surface area contributed by atoms with Gasteiger partial charge in [-0.2, -0.15) is 0 Å². The molecule has 33 heavy (non-hydrogen) atoms. The van der Waals surface area contributed by atoms with Crippen molar-refractivity contribution in [3.63, 3.8) is 0 Å². The van der Waals surface area contributed by atoms with Gasteiger partial charge in [0.25, 0.3) is 0 Å². The largest absolute Gasteiger partial charge is 0.480 e. The number of benzene rings is 1. The first kappa shape index (κ1) is 25.8. The van der Waals surface area contributed by atoms with E-state index < -0.39 is 54.5 Å². The fraction of sp³-hybridized carbons (Fsp3) is 0.455. The number of fused-ring (bicyclic) bond motifs is 1. The molecule has 0 saturated carbocycles. The van der Waals surface area contributed by atoms with Gasteiger partial charge in [0, 0.05) is 23.5 Å². The average Bonchev–Trinajstić information content (AvgIpc) is 3.18. The zero-order valence-electron chi connectivity index (χ0n) is 18.8.